The normalized spacial score (nSPS) is 15.3. The lowest BCUT2D eigenvalue weighted by Gasteiger charge is -2.34. The number of benzene rings is 1. The summed E-state index contributed by atoms with van der Waals surface area (Å²) in [6.07, 6.45) is 3.91. The molecule has 1 saturated heterocycles. The molecule has 0 aliphatic carbocycles. The smallest absolute Gasteiger partial charge is 0.222 e. The molecule has 0 radical (unpaired) electrons. The van der Waals surface area contributed by atoms with Gasteiger partial charge < -0.3 is 9.32 Å². The Kier molecular flexibility index (Phi) is 6.01. The first-order valence-corrected chi connectivity index (χ1v) is 8.83. The maximum Gasteiger partial charge on any atom is 0.222 e. The van der Waals surface area contributed by atoms with Crippen molar-refractivity contribution in [2.45, 2.75) is 19.3 Å². The highest BCUT2D eigenvalue weighted by Crippen LogP contribution is 2.10. The summed E-state index contributed by atoms with van der Waals surface area (Å²) in [5.74, 6) is 0.611. The summed E-state index contributed by atoms with van der Waals surface area (Å²) in [5.41, 5.74) is 1.27. The third kappa shape index (κ3) is 5.03. The van der Waals surface area contributed by atoms with Crippen molar-refractivity contribution in [2.24, 2.45) is 0 Å². The van der Waals surface area contributed by atoms with Gasteiger partial charge in [0.2, 0.25) is 11.7 Å². The van der Waals surface area contributed by atoms with Crippen LogP contribution in [0.25, 0.3) is 0 Å². The summed E-state index contributed by atoms with van der Waals surface area (Å²) in [7, 11) is 0. The second-order valence-electron chi connectivity index (χ2n) is 6.40. The Morgan fingerprint density at radius 3 is 2.40 bits per heavy atom. The van der Waals surface area contributed by atoms with E-state index in [4.69, 9.17) is 4.42 Å². The first kappa shape index (κ1) is 17.4. The van der Waals surface area contributed by atoms with Gasteiger partial charge in [-0.3, -0.25) is 14.5 Å². The number of carbonyl (C=O) groups excluding carboxylic acids is 2. The van der Waals surface area contributed by atoms with E-state index in [1.807, 2.05) is 23.1 Å². The molecule has 0 bridgehead atoms. The van der Waals surface area contributed by atoms with Crippen LogP contribution in [0.15, 0.2) is 53.1 Å². The summed E-state index contributed by atoms with van der Waals surface area (Å²) in [4.78, 5) is 28.4. The lowest BCUT2D eigenvalue weighted by Crippen LogP contribution is -2.49. The number of furan rings is 1. The third-order valence-corrected chi connectivity index (χ3v) is 4.59. The zero-order valence-electron chi connectivity index (χ0n) is 14.4. The van der Waals surface area contributed by atoms with Crippen LogP contribution in [0.5, 0.6) is 0 Å². The van der Waals surface area contributed by atoms with Gasteiger partial charge in [0.1, 0.15) is 0 Å². The fraction of sp³-hybridized carbons (Fsp3) is 0.400. The van der Waals surface area contributed by atoms with Crippen LogP contribution >= 0.6 is 0 Å². The second-order valence-corrected chi connectivity index (χ2v) is 6.40. The monoisotopic (exact) mass is 340 g/mol. The Balaban J connectivity index is 1.36. The number of hydrogen-bond donors (Lipinski definition) is 0. The van der Waals surface area contributed by atoms with Crippen LogP contribution in [0.4, 0.5) is 0 Å². The van der Waals surface area contributed by atoms with Crippen molar-refractivity contribution in [1.29, 1.82) is 0 Å². The van der Waals surface area contributed by atoms with E-state index < -0.39 is 0 Å². The summed E-state index contributed by atoms with van der Waals surface area (Å²) < 4.78 is 5.14. The Morgan fingerprint density at radius 1 is 0.960 bits per heavy atom. The van der Waals surface area contributed by atoms with E-state index in [1.54, 1.807) is 12.1 Å². The minimum Gasteiger partial charge on any atom is -0.461 e. The highest BCUT2D eigenvalue weighted by molar-refractivity contribution is 5.95. The zero-order chi connectivity index (χ0) is 17.5. The molecule has 0 N–H and O–H groups in total. The Hall–Kier alpha value is -2.40. The van der Waals surface area contributed by atoms with E-state index in [0.29, 0.717) is 31.8 Å². The molecular weight excluding hydrogens is 316 g/mol. The highest BCUT2D eigenvalue weighted by atomic mass is 16.3. The van der Waals surface area contributed by atoms with E-state index in [9.17, 15) is 9.59 Å². The van der Waals surface area contributed by atoms with Crippen LogP contribution in [0.1, 0.15) is 29.0 Å². The molecule has 1 aromatic carbocycles. The average molecular weight is 340 g/mol. The summed E-state index contributed by atoms with van der Waals surface area (Å²) in [6.45, 7) is 3.20. The number of Topliss-reactive ketones (excluding diaryl/α,β-unsaturated/α-hetero) is 1. The predicted molar refractivity (Wildman–Crippen MR) is 95.4 cm³/mol. The maximum atomic E-state index is 12.3. The van der Waals surface area contributed by atoms with Crippen LogP contribution in [0, 0.1) is 0 Å². The molecule has 25 heavy (non-hydrogen) atoms. The molecule has 1 aromatic heterocycles. The van der Waals surface area contributed by atoms with Gasteiger partial charge >= 0.3 is 0 Å². The molecule has 0 spiro atoms. The molecular formula is C20H24N2O3. The molecule has 3 rings (SSSR count). The first-order valence-electron chi connectivity index (χ1n) is 8.83. The number of ketones is 1. The topological polar surface area (TPSA) is 53.8 Å². The Labute approximate surface area is 148 Å². The molecule has 0 unspecified atom stereocenters. The van der Waals surface area contributed by atoms with Crippen molar-refractivity contribution in [2.75, 3.05) is 32.7 Å². The molecule has 2 heterocycles. The lowest BCUT2D eigenvalue weighted by molar-refractivity contribution is -0.132. The van der Waals surface area contributed by atoms with Gasteiger partial charge in [-0.1, -0.05) is 30.3 Å². The van der Waals surface area contributed by atoms with Crippen molar-refractivity contribution in [3.63, 3.8) is 0 Å². The van der Waals surface area contributed by atoms with Gasteiger partial charge in [0.15, 0.2) is 5.76 Å². The van der Waals surface area contributed by atoms with Crippen molar-refractivity contribution >= 4 is 11.7 Å². The van der Waals surface area contributed by atoms with Crippen molar-refractivity contribution in [3.05, 3.63) is 60.1 Å². The number of amides is 1. The van der Waals surface area contributed by atoms with E-state index in [-0.39, 0.29) is 11.7 Å². The number of hydrogen-bond acceptors (Lipinski definition) is 4. The van der Waals surface area contributed by atoms with E-state index >= 15 is 0 Å². The molecule has 2 aromatic rings. The number of nitrogens with zero attached hydrogens (tertiary/aromatic N) is 2. The van der Waals surface area contributed by atoms with Gasteiger partial charge in [-0.15, -0.1) is 0 Å². The minimum absolute atomic E-state index is 0.00682. The van der Waals surface area contributed by atoms with E-state index in [1.165, 1.54) is 11.8 Å². The molecule has 1 amide bonds. The van der Waals surface area contributed by atoms with Crippen LogP contribution in [-0.4, -0.2) is 54.2 Å². The fourth-order valence-electron chi connectivity index (χ4n) is 3.12. The van der Waals surface area contributed by atoms with Crippen LogP contribution in [0.3, 0.4) is 0 Å². The molecule has 0 atom stereocenters. The Morgan fingerprint density at radius 2 is 1.72 bits per heavy atom. The molecule has 5 heteroatoms. The van der Waals surface area contributed by atoms with Crippen LogP contribution in [-0.2, 0) is 11.2 Å². The highest BCUT2D eigenvalue weighted by Gasteiger charge is 2.23. The maximum absolute atomic E-state index is 12.3. The first-order chi connectivity index (χ1) is 12.2. The third-order valence-electron chi connectivity index (χ3n) is 4.59. The van der Waals surface area contributed by atoms with Gasteiger partial charge in [-0.25, -0.2) is 0 Å². The number of carbonyl (C=O) groups is 2. The number of aryl methyl sites for hydroxylation is 1. The number of rotatable bonds is 7. The molecule has 1 aliphatic rings. The van der Waals surface area contributed by atoms with E-state index in [0.717, 1.165) is 25.9 Å². The SMILES string of the molecule is O=C(CN1CCN(C(=O)CCCc2ccccc2)CC1)c1ccco1. The summed E-state index contributed by atoms with van der Waals surface area (Å²) >= 11 is 0. The molecule has 1 aliphatic heterocycles. The van der Waals surface area contributed by atoms with Crippen molar-refractivity contribution in [1.82, 2.24) is 9.80 Å². The molecule has 5 nitrogen and oxygen atoms in total. The van der Waals surface area contributed by atoms with Gasteiger partial charge in [0, 0.05) is 32.6 Å². The predicted octanol–water partition coefficient (Wildman–Crippen LogP) is 2.63. The Bertz CT molecular complexity index is 674. The quantitative estimate of drug-likeness (QED) is 0.727. The minimum atomic E-state index is -0.00682. The van der Waals surface area contributed by atoms with Gasteiger partial charge in [0.05, 0.1) is 12.8 Å². The van der Waals surface area contributed by atoms with Crippen LogP contribution < -0.4 is 0 Å². The fourth-order valence-corrected chi connectivity index (χ4v) is 3.12. The summed E-state index contributed by atoms with van der Waals surface area (Å²) in [5, 5.41) is 0. The number of piperazine rings is 1. The second kappa shape index (κ2) is 8.62. The average Bonchev–Trinajstić information content (AvgIpc) is 3.18. The zero-order valence-corrected chi connectivity index (χ0v) is 14.4. The van der Waals surface area contributed by atoms with Gasteiger partial charge in [-0.2, -0.15) is 0 Å². The van der Waals surface area contributed by atoms with Gasteiger partial charge in [0.25, 0.3) is 0 Å². The van der Waals surface area contributed by atoms with Crippen molar-refractivity contribution < 1.29 is 14.0 Å². The largest absolute Gasteiger partial charge is 0.461 e. The molecule has 1 fully saturated rings. The van der Waals surface area contributed by atoms with Gasteiger partial charge in [-0.05, 0) is 30.5 Å². The van der Waals surface area contributed by atoms with Crippen molar-refractivity contribution in [3.8, 4) is 0 Å². The lowest BCUT2D eigenvalue weighted by atomic mass is 10.1. The standard InChI is InChI=1S/C20H24N2O3/c23-18(19-9-5-15-25-19)16-21-11-13-22(14-12-21)20(24)10-4-8-17-6-2-1-3-7-17/h1-3,5-7,9,15H,4,8,10-14,16H2. The van der Waals surface area contributed by atoms with E-state index in [2.05, 4.69) is 17.0 Å². The molecule has 132 valence electrons. The summed E-state index contributed by atoms with van der Waals surface area (Å²) in [6, 6.07) is 13.7. The molecule has 0 saturated carbocycles. The van der Waals surface area contributed by atoms with Crippen LogP contribution in [0.2, 0.25) is 0 Å².